The molecule has 116 valence electrons. The maximum absolute atomic E-state index is 12.6. The SMILES string of the molecule is Cc1cc(C(=O)N2CCC(O)CC2)sc1-c1cccc(Cl)c1. The number of amides is 1. The molecule has 1 aliphatic rings. The molecule has 1 aromatic heterocycles. The van der Waals surface area contributed by atoms with E-state index in [1.165, 1.54) is 11.3 Å². The van der Waals surface area contributed by atoms with Gasteiger partial charge < -0.3 is 10.0 Å². The predicted octanol–water partition coefficient (Wildman–Crippen LogP) is 3.97. The third kappa shape index (κ3) is 3.19. The normalized spacial score (nSPS) is 16.0. The van der Waals surface area contributed by atoms with Gasteiger partial charge >= 0.3 is 0 Å². The monoisotopic (exact) mass is 335 g/mol. The van der Waals surface area contributed by atoms with Crippen LogP contribution in [0.3, 0.4) is 0 Å². The first-order valence-corrected chi connectivity index (χ1v) is 8.58. The fourth-order valence-electron chi connectivity index (χ4n) is 2.73. The van der Waals surface area contributed by atoms with Gasteiger partial charge in [-0.15, -0.1) is 11.3 Å². The average molecular weight is 336 g/mol. The van der Waals surface area contributed by atoms with Crippen LogP contribution in [-0.4, -0.2) is 35.1 Å². The first-order valence-electron chi connectivity index (χ1n) is 7.38. The summed E-state index contributed by atoms with van der Waals surface area (Å²) >= 11 is 7.57. The molecule has 0 atom stereocenters. The molecule has 0 bridgehead atoms. The summed E-state index contributed by atoms with van der Waals surface area (Å²) in [6, 6.07) is 9.65. The van der Waals surface area contributed by atoms with Crippen molar-refractivity contribution in [3.8, 4) is 10.4 Å². The standard InChI is InChI=1S/C17H18ClNO2S/c1-11-9-15(17(21)19-7-5-14(20)6-8-19)22-16(11)12-3-2-4-13(18)10-12/h2-4,9-10,14,20H,5-8H2,1H3. The minimum atomic E-state index is -0.267. The molecule has 3 rings (SSSR count). The zero-order valence-electron chi connectivity index (χ0n) is 12.4. The van der Waals surface area contributed by atoms with Crippen molar-refractivity contribution in [3.05, 3.63) is 45.8 Å². The number of carbonyl (C=O) groups is 1. The first kappa shape index (κ1) is 15.5. The summed E-state index contributed by atoms with van der Waals surface area (Å²) in [6.45, 7) is 3.27. The number of halogens is 1. The van der Waals surface area contributed by atoms with E-state index in [1.807, 2.05) is 42.2 Å². The second-order valence-corrected chi connectivity index (χ2v) is 7.15. The number of piperidine rings is 1. The molecule has 0 radical (unpaired) electrons. The lowest BCUT2D eigenvalue weighted by Gasteiger charge is -2.29. The van der Waals surface area contributed by atoms with Crippen LogP contribution in [0.2, 0.25) is 5.02 Å². The third-order valence-corrected chi connectivity index (χ3v) is 5.48. The summed E-state index contributed by atoms with van der Waals surface area (Å²) in [6.07, 6.45) is 1.06. The van der Waals surface area contributed by atoms with Crippen molar-refractivity contribution in [1.29, 1.82) is 0 Å². The van der Waals surface area contributed by atoms with E-state index in [-0.39, 0.29) is 12.0 Å². The fraction of sp³-hybridized carbons (Fsp3) is 0.353. The van der Waals surface area contributed by atoms with Crippen molar-refractivity contribution >= 4 is 28.8 Å². The molecule has 0 saturated carbocycles. The maximum Gasteiger partial charge on any atom is 0.263 e. The molecule has 1 N–H and O–H groups in total. The summed E-state index contributed by atoms with van der Waals surface area (Å²) in [5.41, 5.74) is 2.13. The number of rotatable bonds is 2. The zero-order chi connectivity index (χ0) is 15.7. The third-order valence-electron chi connectivity index (χ3n) is 3.97. The lowest BCUT2D eigenvalue weighted by atomic mass is 10.1. The highest BCUT2D eigenvalue weighted by Gasteiger charge is 2.24. The van der Waals surface area contributed by atoms with E-state index in [9.17, 15) is 9.90 Å². The van der Waals surface area contributed by atoms with E-state index in [0.29, 0.717) is 31.0 Å². The van der Waals surface area contributed by atoms with Gasteiger partial charge in [-0.1, -0.05) is 23.7 Å². The van der Waals surface area contributed by atoms with Crippen LogP contribution in [0.1, 0.15) is 28.1 Å². The van der Waals surface area contributed by atoms with Crippen LogP contribution in [0.25, 0.3) is 10.4 Å². The molecule has 2 heterocycles. The van der Waals surface area contributed by atoms with Gasteiger partial charge in [0, 0.05) is 23.0 Å². The van der Waals surface area contributed by atoms with Gasteiger partial charge in [-0.25, -0.2) is 0 Å². The summed E-state index contributed by atoms with van der Waals surface area (Å²) in [5, 5.41) is 10.3. The van der Waals surface area contributed by atoms with Crippen LogP contribution in [0.15, 0.2) is 30.3 Å². The van der Waals surface area contributed by atoms with Gasteiger partial charge in [0.2, 0.25) is 0 Å². The molecule has 3 nitrogen and oxygen atoms in total. The molecule has 1 amide bonds. The Morgan fingerprint density at radius 3 is 2.73 bits per heavy atom. The van der Waals surface area contributed by atoms with E-state index < -0.39 is 0 Å². The van der Waals surface area contributed by atoms with Gasteiger partial charge in [-0.3, -0.25) is 4.79 Å². The van der Waals surface area contributed by atoms with Crippen molar-refractivity contribution in [2.75, 3.05) is 13.1 Å². The largest absolute Gasteiger partial charge is 0.393 e. The molecule has 1 aromatic carbocycles. The molecule has 22 heavy (non-hydrogen) atoms. The number of benzene rings is 1. The van der Waals surface area contributed by atoms with E-state index in [4.69, 9.17) is 11.6 Å². The minimum Gasteiger partial charge on any atom is -0.393 e. The molecular formula is C17H18ClNO2S. The van der Waals surface area contributed by atoms with Crippen LogP contribution in [-0.2, 0) is 0 Å². The van der Waals surface area contributed by atoms with Gasteiger partial charge in [-0.2, -0.15) is 0 Å². The van der Waals surface area contributed by atoms with Crippen molar-refractivity contribution in [3.63, 3.8) is 0 Å². The highest BCUT2D eigenvalue weighted by Crippen LogP contribution is 2.34. The smallest absolute Gasteiger partial charge is 0.263 e. The van der Waals surface area contributed by atoms with Crippen LogP contribution < -0.4 is 0 Å². The Bertz CT molecular complexity index is 690. The van der Waals surface area contributed by atoms with Crippen molar-refractivity contribution in [2.45, 2.75) is 25.9 Å². The summed E-state index contributed by atoms with van der Waals surface area (Å²) in [5.74, 6) is 0.0632. The van der Waals surface area contributed by atoms with Gasteiger partial charge in [0.05, 0.1) is 11.0 Å². The maximum atomic E-state index is 12.6. The molecule has 0 aliphatic carbocycles. The molecular weight excluding hydrogens is 318 g/mol. The predicted molar refractivity (Wildman–Crippen MR) is 90.6 cm³/mol. The van der Waals surface area contributed by atoms with E-state index in [0.717, 1.165) is 20.9 Å². The molecule has 1 fully saturated rings. The molecule has 2 aromatic rings. The quantitative estimate of drug-likeness (QED) is 0.902. The van der Waals surface area contributed by atoms with Crippen molar-refractivity contribution < 1.29 is 9.90 Å². The molecule has 1 saturated heterocycles. The summed E-state index contributed by atoms with van der Waals surface area (Å²) in [7, 11) is 0. The van der Waals surface area contributed by atoms with E-state index >= 15 is 0 Å². The Morgan fingerprint density at radius 2 is 2.05 bits per heavy atom. The van der Waals surface area contributed by atoms with Gasteiger partial charge in [0.1, 0.15) is 0 Å². The minimum absolute atomic E-state index is 0.0632. The summed E-state index contributed by atoms with van der Waals surface area (Å²) < 4.78 is 0. The summed E-state index contributed by atoms with van der Waals surface area (Å²) in [4.78, 5) is 16.3. The van der Waals surface area contributed by atoms with Crippen molar-refractivity contribution in [1.82, 2.24) is 4.90 Å². The number of hydrogen-bond donors (Lipinski definition) is 1. The Kier molecular flexibility index (Phi) is 4.52. The first-order chi connectivity index (χ1) is 10.5. The highest BCUT2D eigenvalue weighted by atomic mass is 35.5. The topological polar surface area (TPSA) is 40.5 Å². The van der Waals surface area contributed by atoms with E-state index in [2.05, 4.69) is 0 Å². The number of thiophene rings is 1. The number of aryl methyl sites for hydroxylation is 1. The van der Waals surface area contributed by atoms with Gasteiger partial charge in [0.25, 0.3) is 5.91 Å². The molecule has 1 aliphatic heterocycles. The van der Waals surface area contributed by atoms with E-state index in [1.54, 1.807) is 0 Å². The molecule has 0 spiro atoms. The number of hydrogen-bond acceptors (Lipinski definition) is 3. The lowest BCUT2D eigenvalue weighted by molar-refractivity contribution is 0.0550. The average Bonchev–Trinajstić information content (AvgIpc) is 2.89. The lowest BCUT2D eigenvalue weighted by Crippen LogP contribution is -2.39. The molecule has 5 heteroatoms. The highest BCUT2D eigenvalue weighted by molar-refractivity contribution is 7.17. The Hall–Kier alpha value is -1.36. The van der Waals surface area contributed by atoms with Gasteiger partial charge in [-0.05, 0) is 49.1 Å². The Labute approximate surface area is 139 Å². The second kappa shape index (κ2) is 6.41. The Balaban J connectivity index is 1.84. The number of aliphatic hydroxyl groups excluding tert-OH is 1. The fourth-order valence-corrected chi connectivity index (χ4v) is 4.06. The van der Waals surface area contributed by atoms with Crippen LogP contribution in [0.5, 0.6) is 0 Å². The Morgan fingerprint density at radius 1 is 1.32 bits per heavy atom. The zero-order valence-corrected chi connectivity index (χ0v) is 14.0. The second-order valence-electron chi connectivity index (χ2n) is 5.66. The number of nitrogens with zero attached hydrogens (tertiary/aromatic N) is 1. The number of aliphatic hydroxyl groups is 1. The number of likely N-dealkylation sites (tertiary alicyclic amines) is 1. The molecule has 0 unspecified atom stereocenters. The van der Waals surface area contributed by atoms with Crippen LogP contribution in [0, 0.1) is 6.92 Å². The van der Waals surface area contributed by atoms with Crippen LogP contribution in [0.4, 0.5) is 0 Å². The van der Waals surface area contributed by atoms with Crippen molar-refractivity contribution in [2.24, 2.45) is 0 Å². The van der Waals surface area contributed by atoms with Crippen LogP contribution >= 0.6 is 22.9 Å². The van der Waals surface area contributed by atoms with Gasteiger partial charge in [0.15, 0.2) is 0 Å². The number of carbonyl (C=O) groups excluding carboxylic acids is 1.